The van der Waals surface area contributed by atoms with Gasteiger partial charge >= 0.3 is 17.9 Å². The molecule has 6 heteroatoms. The van der Waals surface area contributed by atoms with E-state index in [1.54, 1.807) is 13.0 Å². The van der Waals surface area contributed by atoms with Gasteiger partial charge in [0, 0.05) is 16.7 Å². The minimum atomic E-state index is -0.994. The Morgan fingerprint density at radius 1 is 0.758 bits per heavy atom. The SMILES string of the molecule is C=C(CC(CC)CCCC)C(=O)O.CC=C(CC=C(CC(CC)CCCC)C(=O)O)C(=O)O. The molecule has 0 radical (unpaired) electrons. The van der Waals surface area contributed by atoms with Gasteiger partial charge in [-0.25, -0.2) is 14.4 Å². The molecule has 0 aromatic heterocycles. The Labute approximate surface area is 200 Å². The van der Waals surface area contributed by atoms with Gasteiger partial charge in [-0.05, 0) is 38.0 Å². The third-order valence-electron chi connectivity index (χ3n) is 5.90. The second kappa shape index (κ2) is 20.3. The topological polar surface area (TPSA) is 112 Å². The second-order valence-electron chi connectivity index (χ2n) is 8.51. The first-order valence-corrected chi connectivity index (χ1v) is 12.3. The van der Waals surface area contributed by atoms with Gasteiger partial charge in [-0.3, -0.25) is 0 Å². The van der Waals surface area contributed by atoms with Gasteiger partial charge < -0.3 is 15.3 Å². The maximum Gasteiger partial charge on any atom is 0.331 e. The Hall–Kier alpha value is -2.37. The van der Waals surface area contributed by atoms with Gasteiger partial charge in [0.2, 0.25) is 0 Å². The quantitative estimate of drug-likeness (QED) is 0.194. The van der Waals surface area contributed by atoms with Crippen LogP contribution >= 0.6 is 0 Å². The van der Waals surface area contributed by atoms with Crippen LogP contribution in [0, 0.1) is 11.8 Å². The lowest BCUT2D eigenvalue weighted by atomic mass is 9.91. The van der Waals surface area contributed by atoms with E-state index in [-0.39, 0.29) is 12.0 Å². The number of carboxylic acid groups (broad SMARTS) is 3. The average molecular weight is 467 g/mol. The zero-order valence-corrected chi connectivity index (χ0v) is 21.4. The molecule has 0 aliphatic carbocycles. The molecule has 6 nitrogen and oxygen atoms in total. The summed E-state index contributed by atoms with van der Waals surface area (Å²) in [7, 11) is 0. The fourth-order valence-electron chi connectivity index (χ4n) is 3.45. The lowest BCUT2D eigenvalue weighted by Gasteiger charge is -2.14. The van der Waals surface area contributed by atoms with Crippen LogP contribution in [0.5, 0.6) is 0 Å². The minimum absolute atomic E-state index is 0.164. The lowest BCUT2D eigenvalue weighted by molar-refractivity contribution is -0.134. The van der Waals surface area contributed by atoms with Crippen LogP contribution in [0.4, 0.5) is 0 Å². The molecule has 0 amide bonds. The molecule has 0 aromatic rings. The third-order valence-corrected chi connectivity index (χ3v) is 5.90. The van der Waals surface area contributed by atoms with Crippen molar-refractivity contribution in [1.82, 2.24) is 0 Å². The third kappa shape index (κ3) is 16.9. The molecule has 33 heavy (non-hydrogen) atoms. The fourth-order valence-corrected chi connectivity index (χ4v) is 3.45. The zero-order chi connectivity index (χ0) is 25.8. The Morgan fingerprint density at radius 2 is 1.21 bits per heavy atom. The molecule has 0 bridgehead atoms. The van der Waals surface area contributed by atoms with Crippen LogP contribution in [0.25, 0.3) is 0 Å². The van der Waals surface area contributed by atoms with Crippen molar-refractivity contribution in [2.45, 2.75) is 105 Å². The first-order valence-electron chi connectivity index (χ1n) is 12.3. The Morgan fingerprint density at radius 3 is 1.55 bits per heavy atom. The molecule has 3 N–H and O–H groups in total. The zero-order valence-electron chi connectivity index (χ0n) is 21.4. The summed E-state index contributed by atoms with van der Waals surface area (Å²) in [4.78, 5) is 32.7. The number of carboxylic acids is 3. The van der Waals surface area contributed by atoms with Gasteiger partial charge in [0.15, 0.2) is 0 Å². The molecular formula is C27H46O6. The molecule has 0 aromatic carbocycles. The highest BCUT2D eigenvalue weighted by Crippen LogP contribution is 2.23. The van der Waals surface area contributed by atoms with Crippen molar-refractivity contribution in [3.63, 3.8) is 0 Å². The van der Waals surface area contributed by atoms with Crippen molar-refractivity contribution in [1.29, 1.82) is 0 Å². The second-order valence-corrected chi connectivity index (χ2v) is 8.51. The number of hydrogen-bond acceptors (Lipinski definition) is 3. The van der Waals surface area contributed by atoms with Crippen LogP contribution in [0.2, 0.25) is 0 Å². The first-order chi connectivity index (χ1) is 15.6. The van der Waals surface area contributed by atoms with Crippen molar-refractivity contribution in [3.8, 4) is 0 Å². The highest BCUT2D eigenvalue weighted by molar-refractivity contribution is 5.89. The summed E-state index contributed by atoms with van der Waals surface area (Å²) in [6.45, 7) is 13.6. The summed E-state index contributed by atoms with van der Waals surface area (Å²) >= 11 is 0. The van der Waals surface area contributed by atoms with Gasteiger partial charge in [-0.2, -0.15) is 0 Å². The molecular weight excluding hydrogens is 420 g/mol. The Bertz CT molecular complexity index is 660. The Kier molecular flexibility index (Phi) is 20.1. The standard InChI is InChI=1S/C16H26O4.C11H20O2/c1-4-7-8-12(5-2)11-14(16(19)20)10-9-13(6-3)15(17)18;1-4-6-7-10(5-2)8-9(3)11(12)13/h6,10,12H,4-5,7-9,11H2,1-3H3,(H,17,18)(H,19,20);10H,3-8H2,1-2H3,(H,12,13). The van der Waals surface area contributed by atoms with E-state index in [1.807, 2.05) is 0 Å². The van der Waals surface area contributed by atoms with E-state index in [0.29, 0.717) is 35.8 Å². The van der Waals surface area contributed by atoms with Crippen molar-refractivity contribution < 1.29 is 29.7 Å². The van der Waals surface area contributed by atoms with Gasteiger partial charge in [0.25, 0.3) is 0 Å². The molecule has 0 saturated carbocycles. The molecule has 0 fully saturated rings. The van der Waals surface area contributed by atoms with Gasteiger partial charge in [-0.15, -0.1) is 0 Å². The largest absolute Gasteiger partial charge is 0.478 e. The summed E-state index contributed by atoms with van der Waals surface area (Å²) in [6, 6.07) is 0. The smallest absolute Gasteiger partial charge is 0.331 e. The molecule has 2 atom stereocenters. The van der Waals surface area contributed by atoms with E-state index in [9.17, 15) is 19.5 Å². The van der Waals surface area contributed by atoms with E-state index in [2.05, 4.69) is 34.3 Å². The normalized spacial score (nSPS) is 13.5. The predicted octanol–water partition coefficient (Wildman–Crippen LogP) is 7.26. The number of hydrogen-bond donors (Lipinski definition) is 3. The van der Waals surface area contributed by atoms with Crippen LogP contribution in [-0.2, 0) is 14.4 Å². The maximum atomic E-state index is 11.3. The number of allylic oxidation sites excluding steroid dienone is 2. The van der Waals surface area contributed by atoms with Crippen LogP contribution < -0.4 is 0 Å². The van der Waals surface area contributed by atoms with E-state index in [4.69, 9.17) is 10.2 Å². The highest BCUT2D eigenvalue weighted by atomic mass is 16.4. The molecule has 0 heterocycles. The average Bonchev–Trinajstić information content (AvgIpc) is 2.78. The molecule has 0 aliphatic heterocycles. The van der Waals surface area contributed by atoms with Gasteiger partial charge in [0.05, 0.1) is 0 Å². The molecule has 0 rings (SSSR count). The van der Waals surface area contributed by atoms with E-state index in [1.165, 1.54) is 18.9 Å². The van der Waals surface area contributed by atoms with Crippen molar-refractivity contribution in [3.05, 3.63) is 35.5 Å². The van der Waals surface area contributed by atoms with E-state index in [0.717, 1.165) is 38.5 Å². The maximum absolute atomic E-state index is 11.3. The van der Waals surface area contributed by atoms with Gasteiger partial charge in [0.1, 0.15) is 0 Å². The van der Waals surface area contributed by atoms with E-state index < -0.39 is 17.9 Å². The number of rotatable bonds is 17. The fraction of sp³-hybridized carbons (Fsp3) is 0.667. The summed E-state index contributed by atoms with van der Waals surface area (Å²) < 4.78 is 0. The van der Waals surface area contributed by atoms with Crippen LogP contribution in [-0.4, -0.2) is 33.2 Å². The molecule has 0 saturated heterocycles. The van der Waals surface area contributed by atoms with Crippen molar-refractivity contribution in [2.24, 2.45) is 11.8 Å². The molecule has 0 aliphatic rings. The number of aliphatic carboxylic acids is 3. The summed E-state index contributed by atoms with van der Waals surface area (Å²) in [5, 5.41) is 26.8. The first kappa shape index (κ1) is 32.8. The predicted molar refractivity (Wildman–Crippen MR) is 134 cm³/mol. The monoisotopic (exact) mass is 466 g/mol. The summed E-state index contributed by atoms with van der Waals surface area (Å²) in [5.41, 5.74) is 0.905. The number of carbonyl (C=O) groups is 3. The van der Waals surface area contributed by atoms with E-state index >= 15 is 0 Å². The van der Waals surface area contributed by atoms with Crippen molar-refractivity contribution >= 4 is 17.9 Å². The van der Waals surface area contributed by atoms with Crippen molar-refractivity contribution in [2.75, 3.05) is 0 Å². The number of unbranched alkanes of at least 4 members (excludes halogenated alkanes) is 2. The van der Waals surface area contributed by atoms with Crippen LogP contribution in [0.15, 0.2) is 35.5 Å². The molecule has 190 valence electrons. The van der Waals surface area contributed by atoms with Crippen LogP contribution in [0.1, 0.15) is 105 Å². The highest BCUT2D eigenvalue weighted by Gasteiger charge is 2.15. The minimum Gasteiger partial charge on any atom is -0.478 e. The van der Waals surface area contributed by atoms with Crippen LogP contribution in [0.3, 0.4) is 0 Å². The lowest BCUT2D eigenvalue weighted by Crippen LogP contribution is -2.09. The van der Waals surface area contributed by atoms with Gasteiger partial charge in [-0.1, -0.05) is 97.8 Å². The molecule has 0 spiro atoms. The molecule has 2 unspecified atom stereocenters. The summed E-state index contributed by atoms with van der Waals surface area (Å²) in [5.74, 6) is -1.93. The summed E-state index contributed by atoms with van der Waals surface area (Å²) in [6.07, 6.45) is 13.1. The Balaban J connectivity index is 0.